The Kier molecular flexibility index (Phi) is 7.97. The van der Waals surface area contributed by atoms with Crippen molar-refractivity contribution in [3.05, 3.63) is 42.5 Å². The molecule has 1 heterocycles. The number of nitrogens with zero attached hydrogens (tertiary/aromatic N) is 1. The molecule has 0 unspecified atom stereocenters. The zero-order chi connectivity index (χ0) is 22.3. The van der Waals surface area contributed by atoms with Gasteiger partial charge in [-0.1, -0.05) is 13.3 Å². The number of hydrogen-bond donors (Lipinski definition) is 3. The number of benzene rings is 2. The number of methoxy groups -OCH3 is 1. The van der Waals surface area contributed by atoms with Gasteiger partial charge in [-0.15, -0.1) is 0 Å². The van der Waals surface area contributed by atoms with Gasteiger partial charge in [0.05, 0.1) is 23.4 Å². The lowest BCUT2D eigenvalue weighted by Gasteiger charge is -2.23. The number of unbranched alkanes of at least 4 members (excludes halogenated alkanes) is 1. The second-order valence-electron chi connectivity index (χ2n) is 7.44. The quantitative estimate of drug-likeness (QED) is 0.381. The number of rotatable bonds is 9. The molecule has 0 saturated carbocycles. The highest BCUT2D eigenvalue weighted by molar-refractivity contribution is 7.92. The summed E-state index contributed by atoms with van der Waals surface area (Å²) < 4.78 is 33.8. The van der Waals surface area contributed by atoms with Crippen LogP contribution in [0.1, 0.15) is 32.6 Å². The van der Waals surface area contributed by atoms with Crippen molar-refractivity contribution in [1.82, 2.24) is 5.32 Å². The molecule has 0 spiro atoms. The molecule has 0 bridgehead atoms. The Morgan fingerprint density at radius 3 is 2.48 bits per heavy atom. The predicted octanol–water partition coefficient (Wildman–Crippen LogP) is 4.18. The van der Waals surface area contributed by atoms with Crippen LogP contribution in [0.3, 0.4) is 0 Å². The Bertz CT molecular complexity index is 988. The van der Waals surface area contributed by atoms with Crippen molar-refractivity contribution in [2.75, 3.05) is 41.7 Å². The second-order valence-corrected chi connectivity index (χ2v) is 9.53. The summed E-state index contributed by atoms with van der Waals surface area (Å²) in [6.07, 6.45) is 4.33. The van der Waals surface area contributed by atoms with Crippen LogP contribution in [0, 0.1) is 0 Å². The van der Waals surface area contributed by atoms with Crippen molar-refractivity contribution >= 4 is 44.4 Å². The van der Waals surface area contributed by atoms with E-state index in [2.05, 4.69) is 27.2 Å². The highest BCUT2D eigenvalue weighted by Gasteiger charge is 2.21. The van der Waals surface area contributed by atoms with Crippen LogP contribution >= 0.6 is 12.2 Å². The van der Waals surface area contributed by atoms with Crippen molar-refractivity contribution in [2.24, 2.45) is 0 Å². The fraction of sp³-hybridized carbons (Fsp3) is 0.409. The first kappa shape index (κ1) is 23.1. The maximum Gasteiger partial charge on any atom is 0.261 e. The number of thiocarbonyl (C=S) groups is 1. The maximum atomic E-state index is 13.0. The van der Waals surface area contributed by atoms with Gasteiger partial charge in [0.25, 0.3) is 10.0 Å². The second kappa shape index (κ2) is 10.7. The number of ether oxygens (including phenoxy) is 1. The van der Waals surface area contributed by atoms with Crippen LogP contribution in [0.5, 0.6) is 5.75 Å². The molecule has 0 aliphatic carbocycles. The lowest BCUT2D eigenvalue weighted by molar-refractivity contribution is 0.415. The third-order valence-corrected chi connectivity index (χ3v) is 6.76. The summed E-state index contributed by atoms with van der Waals surface area (Å²) in [7, 11) is -2.20. The van der Waals surface area contributed by atoms with E-state index in [-0.39, 0.29) is 4.90 Å². The molecule has 2 aromatic rings. The Hall–Kier alpha value is -2.52. The molecule has 1 saturated heterocycles. The van der Waals surface area contributed by atoms with Crippen LogP contribution in [-0.4, -0.2) is 40.3 Å². The highest BCUT2D eigenvalue weighted by Crippen LogP contribution is 2.32. The first-order valence-corrected chi connectivity index (χ1v) is 12.4. The van der Waals surface area contributed by atoms with Crippen molar-refractivity contribution in [2.45, 2.75) is 37.5 Å². The molecule has 3 N–H and O–H groups in total. The van der Waals surface area contributed by atoms with Crippen LogP contribution in [0.2, 0.25) is 0 Å². The molecule has 0 radical (unpaired) electrons. The van der Waals surface area contributed by atoms with E-state index in [1.165, 1.54) is 0 Å². The summed E-state index contributed by atoms with van der Waals surface area (Å²) in [6.45, 7) is 4.79. The van der Waals surface area contributed by atoms with Gasteiger partial charge in [0.1, 0.15) is 5.75 Å². The summed E-state index contributed by atoms with van der Waals surface area (Å²) in [5.74, 6) is 0.661. The molecule has 7 nitrogen and oxygen atoms in total. The molecule has 2 aromatic carbocycles. The minimum atomic E-state index is -3.77. The van der Waals surface area contributed by atoms with Gasteiger partial charge in [0, 0.05) is 25.3 Å². The number of nitrogens with one attached hydrogen (secondary N) is 3. The fourth-order valence-electron chi connectivity index (χ4n) is 3.43. The topological polar surface area (TPSA) is 82.7 Å². The lowest BCUT2D eigenvalue weighted by Crippen LogP contribution is -2.30. The predicted molar refractivity (Wildman–Crippen MR) is 131 cm³/mol. The largest absolute Gasteiger partial charge is 0.497 e. The summed E-state index contributed by atoms with van der Waals surface area (Å²) >= 11 is 5.43. The van der Waals surface area contributed by atoms with E-state index in [1.54, 1.807) is 43.5 Å². The molecule has 168 valence electrons. The number of anilines is 3. The number of sulfonamides is 1. The molecule has 0 amide bonds. The smallest absolute Gasteiger partial charge is 0.261 e. The average Bonchev–Trinajstić information content (AvgIpc) is 3.29. The van der Waals surface area contributed by atoms with Crippen LogP contribution in [0.15, 0.2) is 47.4 Å². The van der Waals surface area contributed by atoms with Crippen LogP contribution in [0.25, 0.3) is 0 Å². The molecular formula is C22H30N4O3S2. The van der Waals surface area contributed by atoms with Gasteiger partial charge in [-0.2, -0.15) is 0 Å². The SMILES string of the molecule is CCCCNC(=S)Nc1cc(S(=O)(=O)Nc2ccc(OC)cc2)ccc1N1CCCC1. The monoisotopic (exact) mass is 462 g/mol. The maximum absolute atomic E-state index is 13.0. The van der Waals surface area contributed by atoms with Crippen molar-refractivity contribution in [3.63, 3.8) is 0 Å². The summed E-state index contributed by atoms with van der Waals surface area (Å²) in [5, 5.41) is 6.88. The van der Waals surface area contributed by atoms with Crippen LogP contribution in [-0.2, 0) is 10.0 Å². The van der Waals surface area contributed by atoms with Gasteiger partial charge < -0.3 is 20.3 Å². The Morgan fingerprint density at radius 2 is 1.84 bits per heavy atom. The van der Waals surface area contributed by atoms with E-state index in [0.717, 1.165) is 51.0 Å². The summed E-state index contributed by atoms with van der Waals surface area (Å²) in [4.78, 5) is 2.43. The average molecular weight is 463 g/mol. The first-order chi connectivity index (χ1) is 14.9. The van der Waals surface area contributed by atoms with Gasteiger partial charge in [-0.3, -0.25) is 4.72 Å². The molecular weight excluding hydrogens is 432 g/mol. The molecule has 0 atom stereocenters. The van der Waals surface area contributed by atoms with Gasteiger partial charge in [-0.25, -0.2) is 8.42 Å². The summed E-state index contributed by atoms with van der Waals surface area (Å²) in [5.41, 5.74) is 2.12. The van der Waals surface area contributed by atoms with Crippen molar-refractivity contribution in [3.8, 4) is 5.75 Å². The standard InChI is InChI=1S/C22H30N4O3S2/c1-3-4-13-23-22(30)24-20-16-19(11-12-21(20)26-14-5-6-15-26)31(27,28)25-17-7-9-18(29-2)10-8-17/h7-12,16,25H,3-6,13-15H2,1-2H3,(H2,23,24,30). The van der Waals surface area contributed by atoms with Crippen molar-refractivity contribution < 1.29 is 13.2 Å². The molecule has 3 rings (SSSR count). The van der Waals surface area contributed by atoms with E-state index in [4.69, 9.17) is 17.0 Å². The van der Waals surface area contributed by atoms with E-state index >= 15 is 0 Å². The van der Waals surface area contributed by atoms with E-state index in [1.807, 2.05) is 6.07 Å². The van der Waals surface area contributed by atoms with E-state index < -0.39 is 10.0 Å². The highest BCUT2D eigenvalue weighted by atomic mass is 32.2. The molecule has 31 heavy (non-hydrogen) atoms. The zero-order valence-electron chi connectivity index (χ0n) is 18.0. The molecule has 1 aliphatic heterocycles. The Morgan fingerprint density at radius 1 is 1.13 bits per heavy atom. The minimum absolute atomic E-state index is 0.171. The van der Waals surface area contributed by atoms with Crippen LogP contribution in [0.4, 0.5) is 17.1 Å². The zero-order valence-corrected chi connectivity index (χ0v) is 19.6. The van der Waals surface area contributed by atoms with Gasteiger partial charge >= 0.3 is 0 Å². The molecule has 9 heteroatoms. The molecule has 0 aromatic heterocycles. The molecule has 1 fully saturated rings. The number of hydrogen-bond acceptors (Lipinski definition) is 5. The fourth-order valence-corrected chi connectivity index (χ4v) is 4.73. The Balaban J connectivity index is 1.84. The van der Waals surface area contributed by atoms with Gasteiger partial charge in [-0.05, 0) is 73.9 Å². The van der Waals surface area contributed by atoms with E-state index in [9.17, 15) is 8.42 Å². The minimum Gasteiger partial charge on any atom is -0.497 e. The van der Waals surface area contributed by atoms with Crippen LogP contribution < -0.4 is 25.0 Å². The molecule has 1 aliphatic rings. The normalized spacial score (nSPS) is 13.7. The van der Waals surface area contributed by atoms with Gasteiger partial charge in [0.2, 0.25) is 0 Å². The first-order valence-electron chi connectivity index (χ1n) is 10.5. The third kappa shape index (κ3) is 6.24. The van der Waals surface area contributed by atoms with E-state index in [0.29, 0.717) is 22.2 Å². The lowest BCUT2D eigenvalue weighted by atomic mass is 10.2. The summed E-state index contributed by atoms with van der Waals surface area (Å²) in [6, 6.07) is 11.9. The van der Waals surface area contributed by atoms with Crippen molar-refractivity contribution in [1.29, 1.82) is 0 Å². The third-order valence-electron chi connectivity index (χ3n) is 5.13. The van der Waals surface area contributed by atoms with Gasteiger partial charge in [0.15, 0.2) is 5.11 Å². The Labute approximate surface area is 190 Å².